The number of pyridine rings is 1. The van der Waals surface area contributed by atoms with Gasteiger partial charge < -0.3 is 19.6 Å². The fraction of sp³-hybridized carbons (Fsp3) is 0.619. The van der Waals surface area contributed by atoms with E-state index in [0.29, 0.717) is 24.3 Å². The molecule has 0 saturated carbocycles. The van der Waals surface area contributed by atoms with Crippen LogP contribution in [0, 0.1) is 12.3 Å². The minimum Gasteiger partial charge on any atom is -0.477 e. The number of ether oxygens (including phenoxy) is 1. The summed E-state index contributed by atoms with van der Waals surface area (Å²) in [5.74, 6) is -1.53. The van der Waals surface area contributed by atoms with Crippen LogP contribution in [0.1, 0.15) is 63.3 Å². The fourth-order valence-corrected chi connectivity index (χ4v) is 3.36. The molecule has 2 heterocycles. The number of carbonyl (C=O) groups excluding carboxylic acids is 2. The highest BCUT2D eigenvalue weighted by Gasteiger charge is 2.45. The molecule has 1 aliphatic rings. The third-order valence-corrected chi connectivity index (χ3v) is 4.60. The quantitative estimate of drug-likeness (QED) is 0.756. The van der Waals surface area contributed by atoms with Crippen molar-refractivity contribution in [1.29, 1.82) is 0 Å². The summed E-state index contributed by atoms with van der Waals surface area (Å²) in [4.78, 5) is 44.5. The number of carbonyl (C=O) groups is 3. The number of hydrogen-bond donors (Lipinski definition) is 1. The second kappa shape index (κ2) is 8.00. The smallest absolute Gasteiger partial charge is 0.354 e. The van der Waals surface area contributed by atoms with Crippen molar-refractivity contribution in [3.05, 3.63) is 29.1 Å². The van der Waals surface area contributed by atoms with Gasteiger partial charge in [0.15, 0.2) is 5.69 Å². The predicted molar refractivity (Wildman–Crippen MR) is 108 cm³/mol. The van der Waals surface area contributed by atoms with Crippen LogP contribution >= 0.6 is 0 Å². The summed E-state index contributed by atoms with van der Waals surface area (Å²) in [5.41, 5.74) is -0.122. The molecule has 2 rings (SSSR count). The van der Waals surface area contributed by atoms with E-state index >= 15 is 0 Å². The van der Waals surface area contributed by atoms with Crippen LogP contribution in [0.2, 0.25) is 0 Å². The van der Waals surface area contributed by atoms with Gasteiger partial charge in [0.05, 0.1) is 12.2 Å². The molecular formula is C21H31N3O5. The first-order chi connectivity index (χ1) is 13.2. The van der Waals surface area contributed by atoms with E-state index in [1.54, 1.807) is 49.6 Å². The number of amides is 2. The highest BCUT2D eigenvalue weighted by Crippen LogP contribution is 2.30. The van der Waals surface area contributed by atoms with Crippen molar-refractivity contribution in [2.75, 3.05) is 13.1 Å². The highest BCUT2D eigenvalue weighted by molar-refractivity contribution is 5.87. The number of nitrogens with zero attached hydrogens (tertiary/aromatic N) is 3. The molecular weight excluding hydrogens is 374 g/mol. The van der Waals surface area contributed by atoms with Crippen LogP contribution < -0.4 is 0 Å². The van der Waals surface area contributed by atoms with Crippen molar-refractivity contribution in [1.82, 2.24) is 14.8 Å². The van der Waals surface area contributed by atoms with Crippen LogP contribution in [-0.2, 0) is 16.1 Å². The molecule has 0 bridgehead atoms. The zero-order valence-electron chi connectivity index (χ0n) is 18.3. The van der Waals surface area contributed by atoms with Crippen LogP contribution in [0.3, 0.4) is 0 Å². The molecule has 0 radical (unpaired) electrons. The van der Waals surface area contributed by atoms with E-state index in [2.05, 4.69) is 4.98 Å². The Hall–Kier alpha value is -2.64. The summed E-state index contributed by atoms with van der Waals surface area (Å²) in [6, 6.07) is 2.39. The van der Waals surface area contributed by atoms with Crippen LogP contribution in [0.25, 0.3) is 0 Å². The van der Waals surface area contributed by atoms with Gasteiger partial charge in [-0.2, -0.15) is 0 Å². The second-order valence-corrected chi connectivity index (χ2v) is 9.47. The first-order valence-electron chi connectivity index (χ1n) is 9.69. The lowest BCUT2D eigenvalue weighted by molar-refractivity contribution is -0.164. The minimum atomic E-state index is -1.10. The number of aromatic carboxylic acids is 1. The van der Waals surface area contributed by atoms with Crippen molar-refractivity contribution in [3.63, 3.8) is 0 Å². The Morgan fingerprint density at radius 2 is 1.79 bits per heavy atom. The van der Waals surface area contributed by atoms with E-state index in [0.717, 1.165) is 0 Å². The molecule has 1 aliphatic heterocycles. The van der Waals surface area contributed by atoms with E-state index in [1.807, 2.05) is 20.8 Å². The molecule has 0 aromatic carbocycles. The van der Waals surface area contributed by atoms with E-state index < -0.39 is 29.0 Å². The van der Waals surface area contributed by atoms with Gasteiger partial charge in [0.1, 0.15) is 11.6 Å². The van der Waals surface area contributed by atoms with Crippen LogP contribution in [0.4, 0.5) is 4.79 Å². The van der Waals surface area contributed by atoms with Crippen molar-refractivity contribution in [2.45, 2.75) is 66.7 Å². The van der Waals surface area contributed by atoms with Gasteiger partial charge >= 0.3 is 18.0 Å². The highest BCUT2D eigenvalue weighted by atomic mass is 16.6. The Morgan fingerprint density at radius 3 is 2.31 bits per heavy atom. The van der Waals surface area contributed by atoms with E-state index in [1.165, 1.54) is 0 Å². The number of esters is 1. The molecule has 1 saturated heterocycles. The lowest BCUT2D eigenvalue weighted by Crippen LogP contribution is -2.52. The average molecular weight is 405 g/mol. The normalized spacial score (nSPS) is 16.2. The fourth-order valence-electron chi connectivity index (χ4n) is 3.36. The zero-order valence-corrected chi connectivity index (χ0v) is 18.3. The maximum absolute atomic E-state index is 13.1. The predicted octanol–water partition coefficient (Wildman–Crippen LogP) is 3.08. The SMILES string of the molecule is Cc1ccc(CN2CCN([C@H](C(=O)OC(C)(C)C)C(C)(C)C)C2=O)nc1C(=O)O. The Morgan fingerprint density at radius 1 is 1.17 bits per heavy atom. The van der Waals surface area contributed by atoms with Gasteiger partial charge in [-0.1, -0.05) is 26.8 Å². The maximum atomic E-state index is 13.1. The van der Waals surface area contributed by atoms with E-state index in [4.69, 9.17) is 4.74 Å². The van der Waals surface area contributed by atoms with Crippen molar-refractivity contribution in [3.8, 4) is 0 Å². The number of aryl methyl sites for hydroxylation is 1. The third-order valence-electron chi connectivity index (χ3n) is 4.60. The molecule has 0 spiro atoms. The third kappa shape index (κ3) is 5.46. The molecule has 1 aromatic rings. The van der Waals surface area contributed by atoms with Crippen molar-refractivity contribution >= 4 is 18.0 Å². The van der Waals surface area contributed by atoms with E-state index in [9.17, 15) is 19.5 Å². The van der Waals surface area contributed by atoms with E-state index in [-0.39, 0.29) is 18.3 Å². The summed E-state index contributed by atoms with van der Waals surface area (Å²) in [5, 5.41) is 9.26. The van der Waals surface area contributed by atoms with Crippen LogP contribution in [0.15, 0.2) is 12.1 Å². The standard InChI is InChI=1S/C21H31N3O5/c1-13-8-9-14(22-15(13)17(25)26)12-23-10-11-24(19(23)28)16(20(2,3)4)18(27)29-21(5,6)7/h8-9,16H,10-12H2,1-7H3,(H,25,26)/t16-/m1/s1. The number of carboxylic acid groups (broad SMARTS) is 1. The van der Waals surface area contributed by atoms with Gasteiger partial charge in [0.25, 0.3) is 0 Å². The molecule has 0 unspecified atom stereocenters. The topological polar surface area (TPSA) is 100 Å². The number of aromatic nitrogens is 1. The van der Waals surface area contributed by atoms with Gasteiger partial charge in [-0.3, -0.25) is 0 Å². The molecule has 1 fully saturated rings. The first-order valence-corrected chi connectivity index (χ1v) is 9.69. The Labute approximate surface area is 171 Å². The van der Waals surface area contributed by atoms with Gasteiger partial charge in [0, 0.05) is 13.1 Å². The molecule has 1 aromatic heterocycles. The lowest BCUT2D eigenvalue weighted by Gasteiger charge is -2.37. The van der Waals surface area contributed by atoms with Gasteiger partial charge in [-0.25, -0.2) is 19.4 Å². The monoisotopic (exact) mass is 405 g/mol. The summed E-state index contributed by atoms with van der Waals surface area (Å²) in [7, 11) is 0. The van der Waals surface area contributed by atoms with Crippen LogP contribution in [0.5, 0.6) is 0 Å². The van der Waals surface area contributed by atoms with Crippen molar-refractivity contribution in [2.24, 2.45) is 5.41 Å². The average Bonchev–Trinajstić information content (AvgIpc) is 2.87. The number of rotatable bonds is 5. The number of carboxylic acids is 1. The largest absolute Gasteiger partial charge is 0.477 e. The lowest BCUT2D eigenvalue weighted by atomic mass is 9.85. The van der Waals surface area contributed by atoms with Gasteiger partial charge in [0.2, 0.25) is 0 Å². The summed E-state index contributed by atoms with van der Waals surface area (Å²) in [6.07, 6.45) is 0. The second-order valence-electron chi connectivity index (χ2n) is 9.47. The molecule has 0 aliphatic carbocycles. The molecule has 29 heavy (non-hydrogen) atoms. The molecule has 160 valence electrons. The molecule has 8 nitrogen and oxygen atoms in total. The molecule has 1 N–H and O–H groups in total. The summed E-state index contributed by atoms with van der Waals surface area (Å²) >= 11 is 0. The number of hydrogen-bond acceptors (Lipinski definition) is 5. The van der Waals surface area contributed by atoms with Crippen LogP contribution in [-0.4, -0.2) is 62.6 Å². The summed E-state index contributed by atoms with van der Waals surface area (Å²) < 4.78 is 5.57. The molecule has 8 heteroatoms. The van der Waals surface area contributed by atoms with Crippen molar-refractivity contribution < 1.29 is 24.2 Å². The Bertz CT molecular complexity index is 808. The number of urea groups is 1. The Kier molecular flexibility index (Phi) is 6.25. The molecule has 1 atom stereocenters. The van der Waals surface area contributed by atoms with Gasteiger partial charge in [-0.05, 0) is 44.7 Å². The van der Waals surface area contributed by atoms with Gasteiger partial charge in [-0.15, -0.1) is 0 Å². The minimum absolute atomic E-state index is 0.0210. The summed E-state index contributed by atoms with van der Waals surface area (Å²) in [6.45, 7) is 13.8. The molecule has 2 amide bonds. The maximum Gasteiger partial charge on any atom is 0.354 e. The first kappa shape index (κ1) is 22.6. The zero-order chi connectivity index (χ0) is 22.1. The Balaban J connectivity index is 2.21.